The van der Waals surface area contributed by atoms with E-state index in [1.54, 1.807) is 12.3 Å². The van der Waals surface area contributed by atoms with Crippen LogP contribution in [0, 0.1) is 19.7 Å². The highest BCUT2D eigenvalue weighted by Crippen LogP contribution is 2.24. The first-order valence-corrected chi connectivity index (χ1v) is 7.64. The Balaban J connectivity index is 2.43. The van der Waals surface area contributed by atoms with E-state index in [2.05, 4.69) is 4.72 Å². The van der Waals surface area contributed by atoms with Gasteiger partial charge in [0.25, 0.3) is 10.0 Å². The van der Waals surface area contributed by atoms with E-state index < -0.39 is 15.8 Å². The molecule has 1 N–H and O–H groups in total. The van der Waals surface area contributed by atoms with Crippen LogP contribution in [0.3, 0.4) is 0 Å². The summed E-state index contributed by atoms with van der Waals surface area (Å²) in [6.07, 6.45) is 0. The van der Waals surface area contributed by atoms with Crippen LogP contribution in [0.5, 0.6) is 0 Å². The van der Waals surface area contributed by atoms with Crippen LogP contribution >= 0.6 is 11.3 Å². The summed E-state index contributed by atoms with van der Waals surface area (Å²) in [6, 6.07) is 3.72. The molecule has 0 saturated carbocycles. The number of hydrogen-bond acceptors (Lipinski definition) is 3. The Morgan fingerprint density at radius 2 is 1.89 bits per heavy atom. The third-order valence-electron chi connectivity index (χ3n) is 2.54. The molecule has 0 radical (unpaired) electrons. The van der Waals surface area contributed by atoms with Crippen LogP contribution in [0.1, 0.15) is 11.1 Å². The Labute approximate surface area is 109 Å². The second-order valence-electron chi connectivity index (χ2n) is 3.98. The number of rotatable bonds is 3. The van der Waals surface area contributed by atoms with Crippen LogP contribution in [-0.4, -0.2) is 8.42 Å². The van der Waals surface area contributed by atoms with Crippen molar-refractivity contribution in [3.8, 4) is 0 Å². The van der Waals surface area contributed by atoms with Crippen molar-refractivity contribution >= 4 is 27.0 Å². The molecule has 0 bridgehead atoms. The molecule has 2 aromatic rings. The number of aryl methyl sites for hydroxylation is 2. The van der Waals surface area contributed by atoms with Gasteiger partial charge in [0, 0.05) is 5.38 Å². The van der Waals surface area contributed by atoms with Gasteiger partial charge in [0.05, 0.1) is 10.6 Å². The van der Waals surface area contributed by atoms with Crippen molar-refractivity contribution in [2.24, 2.45) is 0 Å². The first-order chi connectivity index (χ1) is 8.40. The maximum absolute atomic E-state index is 13.1. The van der Waals surface area contributed by atoms with E-state index in [-0.39, 0.29) is 4.90 Å². The van der Waals surface area contributed by atoms with E-state index in [1.807, 2.05) is 12.3 Å². The molecule has 2 rings (SSSR count). The molecule has 0 fully saturated rings. The van der Waals surface area contributed by atoms with Gasteiger partial charge >= 0.3 is 0 Å². The molecule has 0 unspecified atom stereocenters. The summed E-state index contributed by atoms with van der Waals surface area (Å²) in [5.41, 5.74) is 1.89. The molecule has 0 aliphatic heterocycles. The fourth-order valence-corrected chi connectivity index (χ4v) is 3.76. The normalized spacial score (nSPS) is 11.5. The summed E-state index contributed by atoms with van der Waals surface area (Å²) in [5.74, 6) is -0.567. The van der Waals surface area contributed by atoms with Gasteiger partial charge in [-0.1, -0.05) is 6.07 Å². The molecule has 0 spiro atoms. The van der Waals surface area contributed by atoms with Crippen LogP contribution in [0.25, 0.3) is 0 Å². The van der Waals surface area contributed by atoms with Gasteiger partial charge in [-0.15, -0.1) is 11.3 Å². The highest BCUT2D eigenvalue weighted by molar-refractivity contribution is 7.92. The Kier molecular flexibility index (Phi) is 3.41. The second-order valence-corrected chi connectivity index (χ2v) is 6.38. The van der Waals surface area contributed by atoms with E-state index in [9.17, 15) is 12.8 Å². The maximum atomic E-state index is 13.1. The minimum absolute atomic E-state index is 0.0342. The van der Waals surface area contributed by atoms with Crippen molar-refractivity contribution in [3.63, 3.8) is 0 Å². The molecule has 1 aromatic carbocycles. The average molecular weight is 285 g/mol. The third kappa shape index (κ3) is 2.54. The van der Waals surface area contributed by atoms with Crippen LogP contribution < -0.4 is 4.72 Å². The zero-order chi connectivity index (χ0) is 13.3. The fraction of sp³-hybridized carbons (Fsp3) is 0.167. The average Bonchev–Trinajstić information content (AvgIpc) is 2.67. The lowest BCUT2D eigenvalue weighted by molar-refractivity contribution is 0.594. The Morgan fingerprint density at radius 3 is 2.50 bits per heavy atom. The minimum atomic E-state index is -3.74. The lowest BCUT2D eigenvalue weighted by atomic mass is 10.2. The highest BCUT2D eigenvalue weighted by atomic mass is 32.2. The Morgan fingerprint density at radius 1 is 1.17 bits per heavy atom. The molecule has 18 heavy (non-hydrogen) atoms. The van der Waals surface area contributed by atoms with Crippen LogP contribution in [-0.2, 0) is 10.0 Å². The lowest BCUT2D eigenvalue weighted by Crippen LogP contribution is -2.14. The molecule has 0 aliphatic carbocycles. The van der Waals surface area contributed by atoms with Gasteiger partial charge in [-0.25, -0.2) is 12.8 Å². The molecule has 1 aromatic heterocycles. The van der Waals surface area contributed by atoms with Crippen molar-refractivity contribution in [1.29, 1.82) is 0 Å². The summed E-state index contributed by atoms with van der Waals surface area (Å²) in [5, 5.41) is 3.55. The number of halogens is 1. The molecule has 0 aliphatic rings. The maximum Gasteiger partial charge on any atom is 0.262 e. The number of anilines is 1. The molecule has 96 valence electrons. The van der Waals surface area contributed by atoms with Gasteiger partial charge in [0.2, 0.25) is 0 Å². The van der Waals surface area contributed by atoms with Gasteiger partial charge in [0.1, 0.15) is 5.82 Å². The third-order valence-corrected chi connectivity index (χ3v) is 4.91. The molecular formula is C12H12FNO2S2. The highest BCUT2D eigenvalue weighted by Gasteiger charge is 2.18. The van der Waals surface area contributed by atoms with Crippen molar-refractivity contribution in [2.45, 2.75) is 18.7 Å². The van der Waals surface area contributed by atoms with Crippen molar-refractivity contribution < 1.29 is 12.8 Å². The first-order valence-electron chi connectivity index (χ1n) is 5.22. The summed E-state index contributed by atoms with van der Waals surface area (Å²) < 4.78 is 39.9. The number of hydrogen-bond donors (Lipinski definition) is 1. The van der Waals surface area contributed by atoms with Gasteiger partial charge < -0.3 is 0 Å². The van der Waals surface area contributed by atoms with E-state index >= 15 is 0 Å². The number of nitrogens with one attached hydrogen (secondary N) is 1. The predicted molar refractivity (Wildman–Crippen MR) is 71.0 cm³/mol. The number of sulfonamides is 1. The molecule has 0 saturated heterocycles. The molecule has 3 nitrogen and oxygen atoms in total. The van der Waals surface area contributed by atoms with E-state index in [0.29, 0.717) is 11.3 Å². The van der Waals surface area contributed by atoms with E-state index in [4.69, 9.17) is 0 Å². The zero-order valence-electron chi connectivity index (χ0n) is 9.90. The molecule has 1 heterocycles. The van der Waals surface area contributed by atoms with Crippen molar-refractivity contribution in [3.05, 3.63) is 45.9 Å². The van der Waals surface area contributed by atoms with Gasteiger partial charge in [0.15, 0.2) is 0 Å². The van der Waals surface area contributed by atoms with Gasteiger partial charge in [-0.2, -0.15) is 0 Å². The van der Waals surface area contributed by atoms with Crippen LogP contribution in [0.4, 0.5) is 10.1 Å². The second kappa shape index (κ2) is 4.70. The smallest absolute Gasteiger partial charge is 0.262 e. The lowest BCUT2D eigenvalue weighted by Gasteiger charge is -2.10. The van der Waals surface area contributed by atoms with E-state index in [0.717, 1.165) is 11.6 Å². The summed E-state index contributed by atoms with van der Waals surface area (Å²) in [6.45, 7) is 3.45. The Bertz CT molecular complexity index is 677. The topological polar surface area (TPSA) is 46.2 Å². The van der Waals surface area contributed by atoms with Crippen molar-refractivity contribution in [1.82, 2.24) is 0 Å². The SMILES string of the molecule is Cc1cscc1NS(=O)(=O)c1cc(F)ccc1C. The minimum Gasteiger partial charge on any atom is -0.279 e. The number of thiophene rings is 1. The first kappa shape index (κ1) is 13.0. The summed E-state index contributed by atoms with van der Waals surface area (Å²) in [7, 11) is -3.74. The summed E-state index contributed by atoms with van der Waals surface area (Å²) in [4.78, 5) is -0.0342. The molecule has 0 amide bonds. The predicted octanol–water partition coefficient (Wildman–Crippen LogP) is 3.30. The fourth-order valence-electron chi connectivity index (χ4n) is 1.53. The largest absolute Gasteiger partial charge is 0.279 e. The molecule has 6 heteroatoms. The van der Waals surface area contributed by atoms with Crippen LogP contribution in [0.2, 0.25) is 0 Å². The molecule has 0 atom stereocenters. The Hall–Kier alpha value is -1.40. The van der Waals surface area contributed by atoms with Crippen LogP contribution in [0.15, 0.2) is 33.9 Å². The quantitative estimate of drug-likeness (QED) is 0.940. The number of benzene rings is 1. The zero-order valence-corrected chi connectivity index (χ0v) is 11.5. The van der Waals surface area contributed by atoms with Gasteiger partial charge in [-0.3, -0.25) is 4.72 Å². The van der Waals surface area contributed by atoms with E-state index in [1.165, 1.54) is 23.5 Å². The standard InChI is InChI=1S/C12H12FNO2S2/c1-8-3-4-10(13)5-12(8)18(15,16)14-11-7-17-6-9(11)2/h3-7,14H,1-2H3. The molecular weight excluding hydrogens is 273 g/mol. The monoisotopic (exact) mass is 285 g/mol. The van der Waals surface area contributed by atoms with Crippen molar-refractivity contribution in [2.75, 3.05) is 4.72 Å². The van der Waals surface area contributed by atoms with Gasteiger partial charge in [-0.05, 0) is 42.5 Å². The summed E-state index contributed by atoms with van der Waals surface area (Å²) >= 11 is 1.41.